The maximum absolute atomic E-state index is 13.0. The fourth-order valence-corrected chi connectivity index (χ4v) is 14.8. The quantitative estimate of drug-likeness (QED) is 0.174. The Kier molecular flexibility index (Phi) is 15.9. The average Bonchev–Trinajstić information content (AvgIpc) is 3.22. The second-order valence-corrected chi connectivity index (χ2v) is 23.7. The van der Waals surface area contributed by atoms with E-state index in [2.05, 4.69) is 127 Å². The number of hydrogen-bond donors (Lipinski definition) is 0. The molecule has 400 valence electrons. The molecule has 0 saturated carbocycles. The van der Waals surface area contributed by atoms with E-state index in [1.54, 1.807) is 6.92 Å². The van der Waals surface area contributed by atoms with Gasteiger partial charge in [-0.25, -0.2) is 58.8 Å². The highest BCUT2D eigenvalue weighted by Crippen LogP contribution is 2.36. The van der Waals surface area contributed by atoms with Crippen LogP contribution in [0.3, 0.4) is 0 Å². The van der Waals surface area contributed by atoms with Crippen LogP contribution in [0.4, 0.5) is 13.2 Å². The van der Waals surface area contributed by atoms with Crippen molar-refractivity contribution < 1.29 is 49.9 Å². The summed E-state index contributed by atoms with van der Waals surface area (Å²) in [4.78, 5) is 30.1. The first-order valence-electron chi connectivity index (χ1n) is 24.9. The number of alkyl halides is 3. The smallest absolute Gasteiger partial charge is 0.416 e. The van der Waals surface area contributed by atoms with E-state index in [4.69, 9.17) is 0 Å². The molecule has 16 aliphatic rings. The minimum Gasteiger partial charge on any atom is -1.00 e. The standard InChI is InChI=1S/C15H20F3N4.C14H21N4.C13H19N4.C7H15N4.4FH/c1-12-2-13(4-14(3-12)15(16,17)18)5-22-9-19-6-20(10-22)8-21(7-19)11-22;1-13-2-4-14(5-3-13)6-18-10-15-7-16(11-18)9-17(8-15)12-18;1-2-4-13(5-3-1)6-17-10-14-7-15(11-17)9-16(8-14)12-17;1-11-5-8-2-9(6-11)4-10(3-8)7-11;;;;/h2-4H,5-11H2,1H3;2-5H,6-12H2,1H3;1-5H,6-12H2;2-7H2,1H3;4*1H/q4*+1;;;;/p-4. The van der Waals surface area contributed by atoms with Crippen molar-refractivity contribution in [2.24, 2.45) is 0 Å². The number of hydrogen-bond acceptors (Lipinski definition) is 12. The lowest BCUT2D eigenvalue weighted by Crippen LogP contribution is -3.00. The molecule has 23 heteroatoms. The van der Waals surface area contributed by atoms with Crippen LogP contribution in [0.25, 0.3) is 0 Å². The molecule has 0 aliphatic carbocycles. The predicted molar refractivity (Wildman–Crippen MR) is 251 cm³/mol. The number of benzene rings is 3. The van der Waals surface area contributed by atoms with Gasteiger partial charge in [0.25, 0.3) is 0 Å². The Balaban J connectivity index is 0.000000129. The summed E-state index contributed by atoms with van der Waals surface area (Å²) >= 11 is 0. The number of halogens is 7. The second-order valence-electron chi connectivity index (χ2n) is 23.7. The number of quaternary nitrogens is 4. The van der Waals surface area contributed by atoms with Crippen LogP contribution in [0.1, 0.15) is 33.4 Å². The molecule has 0 amide bonds. The fraction of sp³-hybridized carbons (Fsp3) is 0.633. The van der Waals surface area contributed by atoms with Gasteiger partial charge in [0.05, 0.1) is 92.6 Å². The first-order chi connectivity index (χ1) is 32.6. The highest BCUT2D eigenvalue weighted by Gasteiger charge is 2.51. The molecule has 16 aliphatic heterocycles. The normalized spacial score (nSPS) is 40.9. The van der Waals surface area contributed by atoms with Crippen LogP contribution in [0.2, 0.25) is 0 Å². The zero-order chi connectivity index (χ0) is 46.5. The molecule has 0 radical (unpaired) electrons. The van der Waals surface area contributed by atoms with Gasteiger partial charge in [0.1, 0.15) is 99.7 Å². The van der Waals surface area contributed by atoms with E-state index >= 15 is 0 Å². The molecule has 16 bridgehead atoms. The monoisotopic (exact) mass is 1020 g/mol. The molecule has 16 heterocycles. The molecule has 0 atom stereocenters. The van der Waals surface area contributed by atoms with E-state index in [0.29, 0.717) is 12.1 Å². The van der Waals surface area contributed by atoms with E-state index < -0.39 is 11.7 Å². The third-order valence-corrected chi connectivity index (χ3v) is 15.9. The molecule has 0 N–H and O–H groups in total. The largest absolute Gasteiger partial charge is 1.00 e. The molecular weight excluding hydrogens is 946 g/mol. The van der Waals surface area contributed by atoms with Crippen molar-refractivity contribution in [1.29, 1.82) is 0 Å². The van der Waals surface area contributed by atoms with Crippen molar-refractivity contribution in [3.8, 4) is 0 Å². The molecule has 16 fully saturated rings. The summed E-state index contributed by atoms with van der Waals surface area (Å²) < 4.78 is 43.5. The van der Waals surface area contributed by atoms with Crippen molar-refractivity contribution in [3.05, 3.63) is 106 Å². The molecule has 0 aromatic heterocycles. The Labute approximate surface area is 420 Å². The van der Waals surface area contributed by atoms with Crippen molar-refractivity contribution in [3.63, 3.8) is 0 Å². The van der Waals surface area contributed by atoms with Gasteiger partial charge in [0.15, 0.2) is 0 Å². The summed E-state index contributed by atoms with van der Waals surface area (Å²) in [6.45, 7) is 34.4. The molecule has 3 aromatic rings. The van der Waals surface area contributed by atoms with Crippen LogP contribution in [-0.4, -0.2) is 244 Å². The summed E-state index contributed by atoms with van der Waals surface area (Å²) in [6, 6.07) is 24.4. The molecular formula is C49H75F7N16. The Morgan fingerprint density at radius 1 is 0.361 bits per heavy atom. The van der Waals surface area contributed by atoms with Crippen molar-refractivity contribution >= 4 is 0 Å². The van der Waals surface area contributed by atoms with E-state index in [9.17, 15) is 13.2 Å². The lowest BCUT2D eigenvalue weighted by atomic mass is 10.0. The van der Waals surface area contributed by atoms with Crippen LogP contribution in [-0.2, 0) is 25.8 Å². The van der Waals surface area contributed by atoms with Gasteiger partial charge in [-0.1, -0.05) is 71.8 Å². The zero-order valence-electron chi connectivity index (χ0n) is 42.3. The van der Waals surface area contributed by atoms with Crippen LogP contribution in [0, 0.1) is 13.8 Å². The molecule has 3 aromatic carbocycles. The maximum atomic E-state index is 13.0. The van der Waals surface area contributed by atoms with Gasteiger partial charge in [-0.2, -0.15) is 13.2 Å². The SMILES string of the molecule is C[N+]12CN3CN(CN(C3)C1)C2.Cc1cc(C[N+]23CN4CN(CN(C4)C2)C3)cc(C(F)(F)F)c1.Cc1ccc(C[N+]23CN4CN(CN(C4)C2)C3)cc1.[F-].[F-].[F-].[F-].c1ccc(C[N+]23CN4CN(CN(C4)C2)C3)cc1. The van der Waals surface area contributed by atoms with Crippen LogP contribution in [0.15, 0.2) is 72.8 Å². The molecule has 0 unspecified atom stereocenters. The zero-order valence-corrected chi connectivity index (χ0v) is 42.3. The first-order valence-corrected chi connectivity index (χ1v) is 24.9. The Hall–Kier alpha value is -3.47. The van der Waals surface area contributed by atoms with E-state index in [1.807, 2.05) is 6.07 Å². The summed E-state index contributed by atoms with van der Waals surface area (Å²) in [5.74, 6) is 0. The van der Waals surface area contributed by atoms with Crippen molar-refractivity contribution in [2.45, 2.75) is 39.7 Å². The van der Waals surface area contributed by atoms with Gasteiger partial charge in [0, 0.05) is 16.7 Å². The highest BCUT2D eigenvalue weighted by atomic mass is 19.4. The summed E-state index contributed by atoms with van der Waals surface area (Å²) in [5.41, 5.74) is 5.24. The van der Waals surface area contributed by atoms with Crippen LogP contribution in [0.5, 0.6) is 0 Å². The van der Waals surface area contributed by atoms with Gasteiger partial charge in [-0.15, -0.1) is 0 Å². The topological polar surface area (TPSA) is 38.9 Å². The van der Waals surface area contributed by atoms with Crippen LogP contribution >= 0.6 is 0 Å². The number of rotatable bonds is 6. The third kappa shape index (κ3) is 11.8. The molecule has 16 nitrogen and oxygen atoms in total. The van der Waals surface area contributed by atoms with E-state index in [1.165, 1.54) is 175 Å². The number of aryl methyl sites for hydroxylation is 2. The van der Waals surface area contributed by atoms with Gasteiger partial charge >= 0.3 is 6.18 Å². The first kappa shape index (κ1) is 54.8. The summed E-state index contributed by atoms with van der Waals surface area (Å²) in [5, 5.41) is 0. The summed E-state index contributed by atoms with van der Waals surface area (Å²) in [6.07, 6.45) is -4.27. The van der Waals surface area contributed by atoms with Crippen molar-refractivity contribution in [2.75, 3.05) is 167 Å². The highest BCUT2D eigenvalue weighted by molar-refractivity contribution is 5.31. The summed E-state index contributed by atoms with van der Waals surface area (Å²) in [7, 11) is 2.35. The second kappa shape index (κ2) is 20.9. The Morgan fingerprint density at radius 2 is 0.653 bits per heavy atom. The lowest BCUT2D eigenvalue weighted by Gasteiger charge is -2.60. The molecule has 0 spiro atoms. The van der Waals surface area contributed by atoms with E-state index in [0.717, 1.165) is 50.1 Å². The van der Waals surface area contributed by atoms with Gasteiger partial charge < -0.3 is 18.8 Å². The van der Waals surface area contributed by atoms with Gasteiger partial charge in [-0.05, 0) is 26.0 Å². The average molecular weight is 1020 g/mol. The van der Waals surface area contributed by atoms with Crippen molar-refractivity contribution in [1.82, 2.24) is 58.8 Å². The molecule has 72 heavy (non-hydrogen) atoms. The number of nitrogens with zero attached hydrogens (tertiary/aromatic N) is 16. The Morgan fingerprint density at radius 3 is 0.958 bits per heavy atom. The Bertz CT molecular complexity index is 2150. The van der Waals surface area contributed by atoms with Gasteiger partial charge in [-0.3, -0.25) is 17.9 Å². The predicted octanol–water partition coefficient (Wildman–Crippen LogP) is -9.14. The van der Waals surface area contributed by atoms with E-state index in [-0.39, 0.29) is 18.8 Å². The molecule has 19 rings (SSSR count). The third-order valence-electron chi connectivity index (χ3n) is 15.9. The minimum atomic E-state index is -4.27. The maximum Gasteiger partial charge on any atom is 0.416 e. The molecule has 16 saturated heterocycles. The van der Waals surface area contributed by atoms with Gasteiger partial charge in [0.2, 0.25) is 0 Å². The van der Waals surface area contributed by atoms with Crippen LogP contribution < -0.4 is 18.8 Å². The minimum absolute atomic E-state index is 0. The lowest BCUT2D eigenvalue weighted by molar-refractivity contribution is -0.991. The fourth-order valence-electron chi connectivity index (χ4n) is 14.8.